The Kier molecular flexibility index (Phi) is 6.23. The average molecular weight is 422 g/mol. The molecule has 0 aliphatic heterocycles. The van der Waals surface area contributed by atoms with Gasteiger partial charge in [-0.1, -0.05) is 54.2 Å². The number of aromatic nitrogens is 2. The van der Waals surface area contributed by atoms with E-state index in [1.54, 1.807) is 10.6 Å². The van der Waals surface area contributed by atoms with Gasteiger partial charge in [-0.15, -0.1) is 0 Å². The summed E-state index contributed by atoms with van der Waals surface area (Å²) in [6.45, 7) is 5.23. The van der Waals surface area contributed by atoms with Crippen molar-refractivity contribution >= 4 is 28.6 Å². The zero-order chi connectivity index (χ0) is 21.1. The van der Waals surface area contributed by atoms with Gasteiger partial charge in [-0.25, -0.2) is 4.98 Å². The Balaban J connectivity index is 1.55. The van der Waals surface area contributed by atoms with Gasteiger partial charge in [0.05, 0.1) is 16.7 Å². The zero-order valence-electron chi connectivity index (χ0n) is 17.5. The van der Waals surface area contributed by atoms with E-state index >= 15 is 0 Å². The maximum Gasteiger partial charge on any atom is 0.262 e. The molecule has 0 spiro atoms. The summed E-state index contributed by atoms with van der Waals surface area (Å²) in [7, 11) is 0. The number of hydrogen-bond donors (Lipinski definition) is 0. The second-order valence-electron chi connectivity index (χ2n) is 7.83. The quantitative estimate of drug-likeness (QED) is 0.401. The van der Waals surface area contributed by atoms with Crippen LogP contribution in [-0.2, 0) is 17.9 Å². The fraction of sp³-hybridized carbons (Fsp3) is 0.375. The Labute approximate surface area is 181 Å². The summed E-state index contributed by atoms with van der Waals surface area (Å²) in [6.07, 6.45) is 2.38. The molecule has 0 bridgehead atoms. The molecule has 1 aromatic heterocycles. The zero-order valence-corrected chi connectivity index (χ0v) is 18.3. The highest BCUT2D eigenvalue weighted by Crippen LogP contribution is 2.36. The third kappa shape index (κ3) is 4.43. The van der Waals surface area contributed by atoms with Gasteiger partial charge in [-0.05, 0) is 50.3 Å². The maximum atomic E-state index is 13.2. The van der Waals surface area contributed by atoms with Crippen LogP contribution in [0.15, 0.2) is 64.5 Å². The predicted molar refractivity (Wildman–Crippen MR) is 122 cm³/mol. The van der Waals surface area contributed by atoms with Crippen molar-refractivity contribution in [2.24, 2.45) is 5.92 Å². The molecule has 1 fully saturated rings. The summed E-state index contributed by atoms with van der Waals surface area (Å²) in [4.78, 5) is 32.7. The molecule has 1 aliphatic carbocycles. The van der Waals surface area contributed by atoms with Crippen molar-refractivity contribution < 1.29 is 4.79 Å². The van der Waals surface area contributed by atoms with Crippen molar-refractivity contribution in [2.75, 3.05) is 5.75 Å². The van der Waals surface area contributed by atoms with Crippen molar-refractivity contribution in [1.82, 2.24) is 14.5 Å². The fourth-order valence-electron chi connectivity index (χ4n) is 3.82. The summed E-state index contributed by atoms with van der Waals surface area (Å²) in [6, 6.07) is 17.7. The first-order chi connectivity index (χ1) is 14.6. The molecule has 1 unspecified atom stereocenters. The van der Waals surface area contributed by atoms with Gasteiger partial charge < -0.3 is 4.90 Å². The molecule has 0 radical (unpaired) electrons. The minimum atomic E-state index is -0.0504. The Morgan fingerprint density at radius 1 is 1.17 bits per heavy atom. The molecular weight excluding hydrogens is 394 g/mol. The molecule has 156 valence electrons. The highest BCUT2D eigenvalue weighted by atomic mass is 32.2. The topological polar surface area (TPSA) is 55.2 Å². The number of fused-ring (bicyclic) bond motifs is 1. The van der Waals surface area contributed by atoms with E-state index in [-0.39, 0.29) is 23.3 Å². The van der Waals surface area contributed by atoms with Crippen molar-refractivity contribution in [1.29, 1.82) is 0 Å². The summed E-state index contributed by atoms with van der Waals surface area (Å²) in [5.74, 6) is 0.956. The Morgan fingerprint density at radius 3 is 2.57 bits per heavy atom. The largest absolute Gasteiger partial charge is 0.335 e. The third-order valence-corrected chi connectivity index (χ3v) is 6.74. The highest BCUT2D eigenvalue weighted by Gasteiger charge is 2.34. The van der Waals surface area contributed by atoms with Crippen molar-refractivity contribution in [3.05, 3.63) is 70.5 Å². The lowest BCUT2D eigenvalue weighted by molar-refractivity contribution is -0.131. The number of nitrogens with zero attached hydrogens (tertiary/aromatic N) is 3. The number of amides is 1. The second-order valence-corrected chi connectivity index (χ2v) is 8.78. The highest BCUT2D eigenvalue weighted by molar-refractivity contribution is 7.99. The molecule has 30 heavy (non-hydrogen) atoms. The average Bonchev–Trinajstić information content (AvgIpc) is 3.62. The monoisotopic (exact) mass is 421 g/mol. The van der Waals surface area contributed by atoms with Crippen molar-refractivity contribution in [3.63, 3.8) is 0 Å². The number of thioether (sulfide) groups is 1. The molecule has 0 saturated heterocycles. The van der Waals surface area contributed by atoms with Crippen LogP contribution < -0.4 is 5.56 Å². The Hall–Kier alpha value is -2.60. The molecular formula is C24H27N3O2S. The lowest BCUT2D eigenvalue weighted by Crippen LogP contribution is -2.40. The smallest absolute Gasteiger partial charge is 0.262 e. The molecule has 1 heterocycles. The van der Waals surface area contributed by atoms with Crippen LogP contribution in [0.25, 0.3) is 10.9 Å². The second kappa shape index (κ2) is 9.04. The normalized spacial score (nSPS) is 14.6. The summed E-state index contributed by atoms with van der Waals surface area (Å²) < 4.78 is 1.66. The van der Waals surface area contributed by atoms with Crippen LogP contribution in [0.1, 0.15) is 32.3 Å². The minimum Gasteiger partial charge on any atom is -0.335 e. The van der Waals surface area contributed by atoms with E-state index in [2.05, 4.69) is 24.0 Å². The van der Waals surface area contributed by atoms with E-state index in [0.717, 1.165) is 5.56 Å². The number of hydrogen-bond acceptors (Lipinski definition) is 4. The summed E-state index contributed by atoms with van der Waals surface area (Å²) in [5.41, 5.74) is 1.76. The predicted octanol–water partition coefficient (Wildman–Crippen LogP) is 4.34. The molecule has 3 aromatic rings. The number of carbonyl (C=O) groups excluding carboxylic acids is 1. The summed E-state index contributed by atoms with van der Waals surface area (Å²) >= 11 is 1.36. The van der Waals surface area contributed by atoms with Gasteiger partial charge in [0.2, 0.25) is 5.91 Å². The van der Waals surface area contributed by atoms with Gasteiger partial charge in [0.1, 0.15) is 0 Å². The van der Waals surface area contributed by atoms with E-state index in [1.165, 1.54) is 24.6 Å². The van der Waals surface area contributed by atoms with E-state index < -0.39 is 0 Å². The van der Waals surface area contributed by atoms with E-state index in [9.17, 15) is 9.59 Å². The number of para-hydroxylation sites is 1. The van der Waals surface area contributed by atoms with Gasteiger partial charge in [0.25, 0.3) is 5.56 Å². The molecule has 1 amide bonds. The van der Waals surface area contributed by atoms with Crippen LogP contribution >= 0.6 is 11.8 Å². The molecule has 0 N–H and O–H groups in total. The first-order valence-corrected chi connectivity index (χ1v) is 11.5. The number of rotatable bonds is 8. The van der Waals surface area contributed by atoms with Crippen LogP contribution in [0.2, 0.25) is 0 Å². The van der Waals surface area contributed by atoms with Crippen molar-refractivity contribution in [3.8, 4) is 0 Å². The van der Waals surface area contributed by atoms with Crippen molar-refractivity contribution in [2.45, 2.75) is 51.0 Å². The Morgan fingerprint density at radius 2 is 1.87 bits per heavy atom. The van der Waals surface area contributed by atoms with E-state index in [4.69, 9.17) is 0 Å². The number of benzene rings is 2. The van der Waals surface area contributed by atoms with Crippen LogP contribution in [0, 0.1) is 5.92 Å². The van der Waals surface area contributed by atoms with Crippen LogP contribution in [0.5, 0.6) is 0 Å². The molecule has 6 heteroatoms. The molecule has 2 aromatic carbocycles. The van der Waals surface area contributed by atoms with Crippen LogP contribution in [-0.4, -0.2) is 32.2 Å². The summed E-state index contributed by atoms with van der Waals surface area (Å²) in [5, 5.41) is 1.22. The van der Waals surface area contributed by atoms with E-state index in [0.29, 0.717) is 35.1 Å². The molecule has 1 aliphatic rings. The van der Waals surface area contributed by atoms with Gasteiger partial charge >= 0.3 is 0 Å². The number of carbonyl (C=O) groups is 1. The van der Waals surface area contributed by atoms with Gasteiger partial charge in [-0.2, -0.15) is 0 Å². The SMILES string of the molecule is CCn1c(SCC(=O)N(Cc2ccccc2)C(C)C2CC2)nc2ccccc2c1=O. The Bertz CT molecular complexity index is 1090. The molecule has 5 nitrogen and oxygen atoms in total. The van der Waals surface area contributed by atoms with Gasteiger partial charge in [0.15, 0.2) is 5.16 Å². The molecule has 4 rings (SSSR count). The van der Waals surface area contributed by atoms with Crippen LogP contribution in [0.4, 0.5) is 0 Å². The first kappa shape index (κ1) is 20.7. The lowest BCUT2D eigenvalue weighted by atomic mass is 10.1. The lowest BCUT2D eigenvalue weighted by Gasteiger charge is -2.29. The maximum absolute atomic E-state index is 13.2. The van der Waals surface area contributed by atoms with Gasteiger partial charge in [0, 0.05) is 19.1 Å². The third-order valence-electron chi connectivity index (χ3n) is 5.78. The van der Waals surface area contributed by atoms with Crippen LogP contribution in [0.3, 0.4) is 0 Å². The van der Waals surface area contributed by atoms with E-state index in [1.807, 2.05) is 48.2 Å². The standard InChI is InChI=1S/C24H27N3O2S/c1-3-26-23(29)20-11-7-8-12-21(20)25-24(26)30-16-22(28)27(17(2)19-13-14-19)15-18-9-5-4-6-10-18/h4-12,17,19H,3,13-16H2,1-2H3. The van der Waals surface area contributed by atoms with Gasteiger partial charge in [-0.3, -0.25) is 14.2 Å². The first-order valence-electron chi connectivity index (χ1n) is 10.5. The molecule has 1 saturated carbocycles. The minimum absolute atomic E-state index is 0.0504. The fourth-order valence-corrected chi connectivity index (χ4v) is 4.77. The molecule has 1 atom stereocenters.